The number of carbonyl (C=O) groups excluding carboxylic acids is 1. The van der Waals surface area contributed by atoms with Crippen molar-refractivity contribution in [2.45, 2.75) is 52.6 Å². The first-order valence-corrected chi connectivity index (χ1v) is 5.55. The lowest BCUT2D eigenvalue weighted by atomic mass is 9.49. The summed E-state index contributed by atoms with van der Waals surface area (Å²) in [6.45, 7) is 5.99. The van der Waals surface area contributed by atoms with Crippen LogP contribution in [-0.2, 0) is 4.79 Å². The van der Waals surface area contributed by atoms with Gasteiger partial charge in [0.2, 0.25) is 0 Å². The van der Waals surface area contributed by atoms with Crippen molar-refractivity contribution in [2.24, 2.45) is 16.7 Å². The van der Waals surface area contributed by atoms with Crippen LogP contribution in [0.15, 0.2) is 0 Å². The van der Waals surface area contributed by atoms with Gasteiger partial charge < -0.3 is 5.11 Å². The van der Waals surface area contributed by atoms with Gasteiger partial charge in [-0.15, -0.1) is 0 Å². The van der Waals surface area contributed by atoms with Crippen LogP contribution in [0.5, 0.6) is 0 Å². The van der Waals surface area contributed by atoms with Gasteiger partial charge in [-0.25, -0.2) is 0 Å². The molecule has 2 aliphatic rings. The highest BCUT2D eigenvalue weighted by Gasteiger charge is 2.55. The van der Waals surface area contributed by atoms with Crippen LogP contribution in [0.2, 0.25) is 0 Å². The Morgan fingerprint density at radius 3 is 2.07 bits per heavy atom. The van der Waals surface area contributed by atoms with E-state index < -0.39 is 0 Å². The summed E-state index contributed by atoms with van der Waals surface area (Å²) in [5.74, 6) is 0.687. The third kappa shape index (κ3) is 1.50. The largest absolute Gasteiger partial charge is 0.393 e. The minimum absolute atomic E-state index is 0.0827. The van der Waals surface area contributed by atoms with Crippen molar-refractivity contribution in [3.8, 4) is 0 Å². The van der Waals surface area contributed by atoms with E-state index in [4.69, 9.17) is 0 Å². The number of aliphatic hydroxyl groups excluding tert-OH is 1. The molecule has 2 nitrogen and oxygen atoms in total. The molecule has 0 aliphatic heterocycles. The van der Waals surface area contributed by atoms with Gasteiger partial charge in [0.15, 0.2) is 0 Å². The quantitative estimate of drug-likeness (QED) is 0.697. The van der Waals surface area contributed by atoms with E-state index in [0.29, 0.717) is 11.2 Å². The molecule has 0 saturated heterocycles. The molecule has 1 N–H and O–H groups in total. The zero-order chi connectivity index (χ0) is 10.6. The van der Waals surface area contributed by atoms with Gasteiger partial charge in [-0.2, -0.15) is 0 Å². The molecule has 80 valence electrons. The van der Waals surface area contributed by atoms with Gasteiger partial charge in [-0.05, 0) is 31.1 Å². The summed E-state index contributed by atoms with van der Waals surface area (Å²) in [4.78, 5) is 11.9. The fourth-order valence-electron chi connectivity index (χ4n) is 3.06. The maximum absolute atomic E-state index is 11.9. The van der Waals surface area contributed by atoms with E-state index in [9.17, 15) is 9.90 Å². The fraction of sp³-hybridized carbons (Fsp3) is 0.917. The van der Waals surface area contributed by atoms with Gasteiger partial charge in [-0.3, -0.25) is 4.79 Å². The number of hydrogen-bond acceptors (Lipinski definition) is 2. The van der Waals surface area contributed by atoms with Crippen LogP contribution >= 0.6 is 0 Å². The molecule has 14 heavy (non-hydrogen) atoms. The molecule has 0 unspecified atom stereocenters. The third-order valence-corrected chi connectivity index (χ3v) is 3.81. The van der Waals surface area contributed by atoms with Crippen LogP contribution in [0.1, 0.15) is 46.5 Å². The average molecular weight is 196 g/mol. The minimum atomic E-state index is -0.186. The molecule has 2 aliphatic carbocycles. The van der Waals surface area contributed by atoms with E-state index in [1.807, 2.05) is 20.8 Å². The lowest BCUT2D eigenvalue weighted by Crippen LogP contribution is -2.53. The zero-order valence-corrected chi connectivity index (χ0v) is 9.34. The number of carbonyl (C=O) groups is 1. The molecule has 0 amide bonds. The number of rotatable bonds is 1. The molecule has 0 aromatic carbocycles. The second kappa shape index (κ2) is 2.82. The first-order chi connectivity index (χ1) is 6.32. The van der Waals surface area contributed by atoms with Gasteiger partial charge in [0.05, 0.1) is 6.10 Å². The summed E-state index contributed by atoms with van der Waals surface area (Å²) in [7, 11) is 0. The van der Waals surface area contributed by atoms with Crippen LogP contribution in [-0.4, -0.2) is 17.0 Å². The van der Waals surface area contributed by atoms with Crippen molar-refractivity contribution < 1.29 is 9.90 Å². The molecule has 2 heteroatoms. The second-order valence-corrected chi connectivity index (χ2v) is 6.28. The lowest BCUT2D eigenvalue weighted by molar-refractivity contribution is -0.152. The fourth-order valence-corrected chi connectivity index (χ4v) is 3.06. The van der Waals surface area contributed by atoms with Crippen molar-refractivity contribution in [1.82, 2.24) is 0 Å². The Balaban J connectivity index is 1.86. The summed E-state index contributed by atoms with van der Waals surface area (Å²) in [6.07, 6.45) is 3.84. The van der Waals surface area contributed by atoms with E-state index in [2.05, 4.69) is 0 Å². The highest BCUT2D eigenvalue weighted by Crippen LogP contribution is 2.59. The molecule has 0 heterocycles. The van der Waals surface area contributed by atoms with Crippen molar-refractivity contribution in [3.63, 3.8) is 0 Å². The Morgan fingerprint density at radius 1 is 1.21 bits per heavy atom. The highest BCUT2D eigenvalue weighted by atomic mass is 16.3. The van der Waals surface area contributed by atoms with Gasteiger partial charge in [0.25, 0.3) is 0 Å². The third-order valence-electron chi connectivity index (χ3n) is 3.81. The molecular weight excluding hydrogens is 176 g/mol. The van der Waals surface area contributed by atoms with Gasteiger partial charge >= 0.3 is 0 Å². The van der Waals surface area contributed by atoms with Crippen LogP contribution < -0.4 is 0 Å². The number of hydrogen-bond donors (Lipinski definition) is 1. The van der Waals surface area contributed by atoms with Gasteiger partial charge in [0.1, 0.15) is 5.78 Å². The Kier molecular flexibility index (Phi) is 2.04. The molecule has 0 radical (unpaired) electrons. The first kappa shape index (κ1) is 10.2. The van der Waals surface area contributed by atoms with E-state index in [1.54, 1.807) is 0 Å². The Bertz CT molecular complexity index is 248. The summed E-state index contributed by atoms with van der Waals surface area (Å²) >= 11 is 0. The van der Waals surface area contributed by atoms with Crippen molar-refractivity contribution in [2.75, 3.05) is 0 Å². The highest BCUT2D eigenvalue weighted by molar-refractivity contribution is 5.86. The normalized spacial score (nSPS) is 41.7. The standard InChI is InChI=1S/C12H20O2/c1-11(2,3)10(14)8-4-12(5-8)6-9(13)7-12/h8-9,13H,4-7H2,1-3H3. The molecule has 2 saturated carbocycles. The van der Waals surface area contributed by atoms with Crippen LogP contribution in [0.25, 0.3) is 0 Å². The lowest BCUT2D eigenvalue weighted by Gasteiger charge is -2.56. The van der Waals surface area contributed by atoms with Gasteiger partial charge in [0, 0.05) is 11.3 Å². The summed E-state index contributed by atoms with van der Waals surface area (Å²) in [5, 5.41) is 9.25. The van der Waals surface area contributed by atoms with Crippen molar-refractivity contribution in [3.05, 3.63) is 0 Å². The van der Waals surface area contributed by atoms with E-state index >= 15 is 0 Å². The Labute approximate surface area is 85.7 Å². The number of aliphatic hydroxyl groups is 1. The van der Waals surface area contributed by atoms with Gasteiger partial charge in [-0.1, -0.05) is 20.8 Å². The van der Waals surface area contributed by atoms with E-state index in [1.165, 1.54) is 0 Å². The zero-order valence-electron chi connectivity index (χ0n) is 9.34. The molecule has 0 aromatic heterocycles. The number of ketones is 1. The summed E-state index contributed by atoms with van der Waals surface area (Å²) < 4.78 is 0. The molecule has 2 fully saturated rings. The van der Waals surface area contributed by atoms with Crippen molar-refractivity contribution >= 4 is 5.78 Å². The Morgan fingerprint density at radius 2 is 1.71 bits per heavy atom. The molecular formula is C12H20O2. The maximum Gasteiger partial charge on any atom is 0.141 e. The number of Topliss-reactive ketones (excluding diaryl/α,β-unsaturated/α-hetero) is 1. The predicted octanol–water partition coefficient (Wildman–Crippen LogP) is 2.15. The smallest absolute Gasteiger partial charge is 0.141 e. The monoisotopic (exact) mass is 196 g/mol. The Hall–Kier alpha value is -0.370. The van der Waals surface area contributed by atoms with Crippen LogP contribution in [0.3, 0.4) is 0 Å². The molecule has 2 rings (SSSR count). The van der Waals surface area contributed by atoms with Crippen LogP contribution in [0.4, 0.5) is 0 Å². The topological polar surface area (TPSA) is 37.3 Å². The SMILES string of the molecule is CC(C)(C)C(=O)C1CC2(CC(O)C2)C1. The summed E-state index contributed by atoms with van der Waals surface area (Å²) in [6, 6.07) is 0. The average Bonchev–Trinajstić information content (AvgIpc) is 1.90. The van der Waals surface area contributed by atoms with E-state index in [-0.39, 0.29) is 17.4 Å². The molecule has 0 atom stereocenters. The summed E-state index contributed by atoms with van der Waals surface area (Å²) in [5.41, 5.74) is 0.180. The maximum atomic E-state index is 11.9. The van der Waals surface area contributed by atoms with Crippen LogP contribution in [0, 0.1) is 16.7 Å². The first-order valence-electron chi connectivity index (χ1n) is 5.55. The second-order valence-electron chi connectivity index (χ2n) is 6.28. The van der Waals surface area contributed by atoms with E-state index in [0.717, 1.165) is 25.7 Å². The minimum Gasteiger partial charge on any atom is -0.393 e. The molecule has 0 bridgehead atoms. The predicted molar refractivity (Wildman–Crippen MR) is 54.9 cm³/mol. The molecule has 0 aromatic rings. The molecule has 1 spiro atoms. The van der Waals surface area contributed by atoms with Crippen molar-refractivity contribution in [1.29, 1.82) is 0 Å².